The molecule has 112 valence electrons. The molecule has 0 bridgehead atoms. The smallest absolute Gasteiger partial charge is 0.304 e. The molecule has 1 aromatic carbocycles. The molecule has 0 aromatic heterocycles. The maximum atomic E-state index is 12.3. The van der Waals surface area contributed by atoms with Crippen LogP contribution in [0.2, 0.25) is 0 Å². The third-order valence-electron chi connectivity index (χ3n) is 4.36. The van der Waals surface area contributed by atoms with E-state index < -0.39 is 5.97 Å². The maximum Gasteiger partial charge on any atom is 0.304 e. The molecule has 1 fully saturated rings. The lowest BCUT2D eigenvalue weighted by Gasteiger charge is -2.23. The van der Waals surface area contributed by atoms with Gasteiger partial charge in [0.25, 0.3) is 0 Å². The fraction of sp³-hybridized carbons (Fsp3) is 0.500. The summed E-state index contributed by atoms with van der Waals surface area (Å²) in [6.45, 7) is 2.68. The molecule has 2 heterocycles. The second kappa shape index (κ2) is 5.76. The number of hydrogen-bond acceptors (Lipinski definition) is 3. The predicted molar refractivity (Wildman–Crippen MR) is 79.5 cm³/mol. The van der Waals surface area contributed by atoms with Gasteiger partial charge in [0.15, 0.2) is 0 Å². The van der Waals surface area contributed by atoms with Crippen LogP contribution in [0.15, 0.2) is 24.3 Å². The molecule has 1 amide bonds. The van der Waals surface area contributed by atoms with Crippen LogP contribution in [-0.2, 0) is 9.59 Å². The zero-order chi connectivity index (χ0) is 14.8. The van der Waals surface area contributed by atoms with Crippen molar-refractivity contribution in [3.05, 3.63) is 29.8 Å². The number of carboxylic acids is 1. The second-order valence-electron chi connectivity index (χ2n) is 5.82. The van der Waals surface area contributed by atoms with E-state index >= 15 is 0 Å². The van der Waals surface area contributed by atoms with Crippen LogP contribution < -0.4 is 4.90 Å². The van der Waals surface area contributed by atoms with E-state index in [-0.39, 0.29) is 18.2 Å². The molecule has 0 aliphatic carbocycles. The summed E-state index contributed by atoms with van der Waals surface area (Å²) in [6.07, 6.45) is 2.29. The lowest BCUT2D eigenvalue weighted by atomic mass is 9.98. The van der Waals surface area contributed by atoms with E-state index in [0.717, 1.165) is 37.2 Å². The summed E-state index contributed by atoms with van der Waals surface area (Å²) in [6, 6.07) is 7.83. The number of carbonyl (C=O) groups is 2. The van der Waals surface area contributed by atoms with Gasteiger partial charge in [0.05, 0.1) is 13.0 Å². The number of carbonyl (C=O) groups excluding carboxylic acids is 1. The van der Waals surface area contributed by atoms with Crippen molar-refractivity contribution in [2.45, 2.75) is 25.2 Å². The molecule has 21 heavy (non-hydrogen) atoms. The molecule has 2 aliphatic rings. The Morgan fingerprint density at radius 3 is 2.62 bits per heavy atom. The highest BCUT2D eigenvalue weighted by molar-refractivity contribution is 5.83. The molecule has 5 heteroatoms. The average Bonchev–Trinajstić information content (AvgIpc) is 3.08. The zero-order valence-corrected chi connectivity index (χ0v) is 12.0. The molecule has 1 N–H and O–H groups in total. The molecule has 0 radical (unpaired) electrons. The summed E-state index contributed by atoms with van der Waals surface area (Å²) >= 11 is 0. The van der Waals surface area contributed by atoms with Crippen LogP contribution in [0.1, 0.15) is 30.7 Å². The monoisotopic (exact) mass is 288 g/mol. The van der Waals surface area contributed by atoms with Crippen LogP contribution in [0.5, 0.6) is 0 Å². The number of nitrogens with zero attached hydrogens (tertiary/aromatic N) is 2. The number of fused-ring (bicyclic) bond motifs is 1. The Kier molecular flexibility index (Phi) is 3.82. The van der Waals surface area contributed by atoms with Crippen LogP contribution >= 0.6 is 0 Å². The van der Waals surface area contributed by atoms with Crippen molar-refractivity contribution in [2.75, 3.05) is 31.1 Å². The number of benzene rings is 1. The number of likely N-dealkylation sites (tertiary alicyclic amines) is 1. The second-order valence-corrected chi connectivity index (χ2v) is 5.82. The number of hydrogen-bond donors (Lipinski definition) is 1. The van der Waals surface area contributed by atoms with Gasteiger partial charge in [-0.05, 0) is 24.5 Å². The Labute approximate surface area is 124 Å². The number of anilines is 1. The Bertz CT molecular complexity index is 552. The fourth-order valence-electron chi connectivity index (χ4n) is 3.35. The molecular formula is C16H20N2O3. The van der Waals surface area contributed by atoms with E-state index in [9.17, 15) is 9.59 Å². The Morgan fingerprint density at radius 1 is 1.19 bits per heavy atom. The molecule has 1 saturated heterocycles. The molecular weight excluding hydrogens is 268 g/mol. The van der Waals surface area contributed by atoms with Gasteiger partial charge in [-0.15, -0.1) is 0 Å². The Morgan fingerprint density at radius 2 is 1.90 bits per heavy atom. The first-order valence-corrected chi connectivity index (χ1v) is 7.48. The van der Waals surface area contributed by atoms with E-state index in [0.29, 0.717) is 13.1 Å². The molecule has 3 rings (SSSR count). The van der Waals surface area contributed by atoms with Gasteiger partial charge < -0.3 is 14.9 Å². The predicted octanol–water partition coefficient (Wildman–Crippen LogP) is 1.69. The SMILES string of the molecule is O=C(O)CC1CN(CC(=O)N2CCCC2)c2ccccc21. The Balaban J connectivity index is 1.74. The van der Waals surface area contributed by atoms with Gasteiger partial charge >= 0.3 is 5.97 Å². The van der Waals surface area contributed by atoms with Gasteiger partial charge in [-0.1, -0.05) is 18.2 Å². The van der Waals surface area contributed by atoms with Crippen LogP contribution in [0.4, 0.5) is 5.69 Å². The number of aliphatic carboxylic acids is 1. The zero-order valence-electron chi connectivity index (χ0n) is 12.0. The van der Waals surface area contributed by atoms with Gasteiger partial charge in [0.2, 0.25) is 5.91 Å². The van der Waals surface area contributed by atoms with E-state index in [1.54, 1.807) is 0 Å². The van der Waals surface area contributed by atoms with E-state index in [2.05, 4.69) is 0 Å². The topological polar surface area (TPSA) is 60.9 Å². The van der Waals surface area contributed by atoms with Crippen molar-refractivity contribution in [3.63, 3.8) is 0 Å². The highest BCUT2D eigenvalue weighted by Gasteiger charge is 2.32. The molecule has 0 saturated carbocycles. The van der Waals surface area contributed by atoms with E-state index in [1.807, 2.05) is 34.1 Å². The summed E-state index contributed by atoms with van der Waals surface area (Å²) in [5.74, 6) is -0.661. The fourth-order valence-corrected chi connectivity index (χ4v) is 3.35. The molecule has 1 unspecified atom stereocenters. The summed E-state index contributed by atoms with van der Waals surface area (Å²) in [4.78, 5) is 27.3. The molecule has 0 spiro atoms. The van der Waals surface area contributed by atoms with E-state index in [4.69, 9.17) is 5.11 Å². The van der Waals surface area contributed by atoms with Crippen LogP contribution in [0, 0.1) is 0 Å². The van der Waals surface area contributed by atoms with Gasteiger partial charge in [-0.25, -0.2) is 0 Å². The molecule has 5 nitrogen and oxygen atoms in total. The first-order chi connectivity index (χ1) is 10.1. The molecule has 2 aliphatic heterocycles. The minimum Gasteiger partial charge on any atom is -0.481 e. The average molecular weight is 288 g/mol. The van der Waals surface area contributed by atoms with Crippen LogP contribution in [-0.4, -0.2) is 48.1 Å². The highest BCUT2D eigenvalue weighted by Crippen LogP contribution is 2.37. The number of carboxylic acid groups (broad SMARTS) is 1. The van der Waals surface area contributed by atoms with Crippen molar-refractivity contribution >= 4 is 17.6 Å². The van der Waals surface area contributed by atoms with E-state index in [1.165, 1.54) is 0 Å². The standard InChI is InChI=1S/C16H20N2O3/c19-15(17-7-3-4-8-17)11-18-10-12(9-16(20)21)13-5-1-2-6-14(13)18/h1-2,5-6,12H,3-4,7-11H2,(H,20,21). The first-order valence-electron chi connectivity index (χ1n) is 7.48. The summed E-state index contributed by atoms with van der Waals surface area (Å²) in [7, 11) is 0. The van der Waals surface area contributed by atoms with Crippen molar-refractivity contribution in [1.82, 2.24) is 4.90 Å². The van der Waals surface area contributed by atoms with Crippen molar-refractivity contribution in [2.24, 2.45) is 0 Å². The summed E-state index contributed by atoms with van der Waals surface area (Å²) in [5.41, 5.74) is 2.06. The third-order valence-corrected chi connectivity index (χ3v) is 4.36. The number of rotatable bonds is 4. The molecule has 1 atom stereocenters. The largest absolute Gasteiger partial charge is 0.481 e. The van der Waals surface area contributed by atoms with Crippen molar-refractivity contribution in [1.29, 1.82) is 0 Å². The van der Waals surface area contributed by atoms with Crippen LogP contribution in [0.3, 0.4) is 0 Å². The van der Waals surface area contributed by atoms with Gasteiger partial charge in [-0.2, -0.15) is 0 Å². The number of amides is 1. The van der Waals surface area contributed by atoms with Gasteiger partial charge in [-0.3, -0.25) is 9.59 Å². The lowest BCUT2D eigenvalue weighted by molar-refractivity contribution is -0.137. The van der Waals surface area contributed by atoms with Crippen molar-refractivity contribution in [3.8, 4) is 0 Å². The molecule has 1 aromatic rings. The third kappa shape index (κ3) is 2.86. The van der Waals surface area contributed by atoms with Crippen molar-refractivity contribution < 1.29 is 14.7 Å². The minimum atomic E-state index is -0.789. The van der Waals surface area contributed by atoms with Crippen LogP contribution in [0.25, 0.3) is 0 Å². The summed E-state index contributed by atoms with van der Waals surface area (Å²) < 4.78 is 0. The van der Waals surface area contributed by atoms with Gasteiger partial charge in [0, 0.05) is 31.2 Å². The Hall–Kier alpha value is -2.04. The number of para-hydroxylation sites is 1. The normalized spacial score (nSPS) is 20.7. The first kappa shape index (κ1) is 13.9. The highest BCUT2D eigenvalue weighted by atomic mass is 16.4. The quantitative estimate of drug-likeness (QED) is 0.916. The summed E-state index contributed by atoms with van der Waals surface area (Å²) in [5, 5.41) is 9.05. The lowest BCUT2D eigenvalue weighted by Crippen LogP contribution is -2.38. The minimum absolute atomic E-state index is 0.0231. The maximum absolute atomic E-state index is 12.3. The van der Waals surface area contributed by atoms with Gasteiger partial charge in [0.1, 0.15) is 0 Å².